The molecule has 0 fully saturated rings. The van der Waals surface area contributed by atoms with E-state index in [4.69, 9.17) is 0 Å². The summed E-state index contributed by atoms with van der Waals surface area (Å²) in [6, 6.07) is 0. The van der Waals surface area contributed by atoms with Crippen LogP contribution in [0.2, 0.25) is 0 Å². The molecule has 0 aromatic heterocycles. The van der Waals surface area contributed by atoms with Crippen LogP contribution in [0.1, 0.15) is 13.3 Å². The molecule has 0 spiro atoms. The van der Waals surface area contributed by atoms with Crippen LogP contribution in [0.3, 0.4) is 0 Å². The molecule has 0 aromatic carbocycles. The second-order valence-corrected chi connectivity index (χ2v) is 2.52. The lowest BCUT2D eigenvalue weighted by atomic mass is 10.3. The van der Waals surface area contributed by atoms with Gasteiger partial charge in [-0.05, 0) is 6.92 Å². The second kappa shape index (κ2) is 7.60. The predicted molar refractivity (Wildman–Crippen MR) is 49.9 cm³/mol. The molecule has 0 rings (SSSR count). The first-order valence-corrected chi connectivity index (χ1v) is 4.37. The van der Waals surface area contributed by atoms with Gasteiger partial charge in [-0.15, -0.1) is 0 Å². The number of nitrogens with zero attached hydrogens (tertiary/aromatic N) is 1. The summed E-state index contributed by atoms with van der Waals surface area (Å²) in [5, 5.41) is 4.76. The molecule has 0 aromatic rings. The van der Waals surface area contributed by atoms with Crippen molar-refractivity contribution >= 4 is 17.7 Å². The second-order valence-electron chi connectivity index (χ2n) is 2.52. The zero-order valence-electron chi connectivity index (χ0n) is 8.32. The van der Waals surface area contributed by atoms with Crippen LogP contribution in [-0.4, -0.2) is 37.4 Å². The Kier molecular flexibility index (Phi) is 6.69. The van der Waals surface area contributed by atoms with Crippen molar-refractivity contribution < 1.29 is 19.1 Å². The smallest absolute Gasteiger partial charge is 0.375 e. The van der Waals surface area contributed by atoms with Gasteiger partial charge in [-0.3, -0.25) is 9.59 Å². The lowest BCUT2D eigenvalue weighted by molar-refractivity contribution is -0.154. The van der Waals surface area contributed by atoms with Gasteiger partial charge in [0.25, 0.3) is 0 Å². The molecule has 0 unspecified atom stereocenters. The Morgan fingerprint density at radius 1 is 1.33 bits per heavy atom. The summed E-state index contributed by atoms with van der Waals surface area (Å²) < 4.78 is 4.39. The molecule has 0 bridgehead atoms. The van der Waals surface area contributed by atoms with Gasteiger partial charge in [0.2, 0.25) is 11.7 Å². The Bertz CT molecular complexity index is 264. The number of nitroso groups, excluding NO2 is 1. The van der Waals surface area contributed by atoms with Gasteiger partial charge in [-0.1, -0.05) is 5.18 Å². The molecule has 0 saturated heterocycles. The molecule has 0 saturated carbocycles. The lowest BCUT2D eigenvalue weighted by Crippen LogP contribution is -2.30. The summed E-state index contributed by atoms with van der Waals surface area (Å²) >= 11 is 0. The number of ether oxygens (including phenoxy) is 1. The zero-order chi connectivity index (χ0) is 11.7. The standard InChI is InChI=1S/C8H12N2O5/c1-2-15-8(13)6(11)5-7(12)9-3-4-10-14/h2-5H2,1H3,(H,9,12). The first kappa shape index (κ1) is 13.2. The number of carbonyl (C=O) groups is 3. The molecule has 7 heteroatoms. The van der Waals surface area contributed by atoms with E-state index in [9.17, 15) is 19.3 Å². The van der Waals surface area contributed by atoms with Gasteiger partial charge in [0.05, 0.1) is 19.6 Å². The van der Waals surface area contributed by atoms with E-state index in [1.165, 1.54) is 0 Å². The van der Waals surface area contributed by atoms with Crippen LogP contribution in [0.15, 0.2) is 5.18 Å². The highest BCUT2D eigenvalue weighted by molar-refractivity contribution is 6.36. The third kappa shape index (κ3) is 6.30. The minimum absolute atomic E-state index is 0.0540. The van der Waals surface area contributed by atoms with E-state index < -0.39 is 24.1 Å². The summed E-state index contributed by atoms with van der Waals surface area (Å²) in [4.78, 5) is 42.4. The van der Waals surface area contributed by atoms with E-state index in [2.05, 4.69) is 15.2 Å². The van der Waals surface area contributed by atoms with Crippen molar-refractivity contribution in [2.45, 2.75) is 13.3 Å². The van der Waals surface area contributed by atoms with Crippen molar-refractivity contribution in [3.63, 3.8) is 0 Å². The Labute approximate surface area is 86.1 Å². The van der Waals surface area contributed by atoms with E-state index in [1.807, 2.05) is 0 Å². The number of amides is 1. The fraction of sp³-hybridized carbons (Fsp3) is 0.625. The number of hydrogen-bond acceptors (Lipinski definition) is 6. The molecule has 15 heavy (non-hydrogen) atoms. The van der Waals surface area contributed by atoms with Crippen LogP contribution < -0.4 is 5.32 Å². The molecule has 84 valence electrons. The summed E-state index contributed by atoms with van der Waals surface area (Å²) in [5.74, 6) is -2.56. The van der Waals surface area contributed by atoms with Crippen molar-refractivity contribution in [1.29, 1.82) is 0 Å². The third-order valence-electron chi connectivity index (χ3n) is 1.35. The van der Waals surface area contributed by atoms with E-state index in [1.54, 1.807) is 6.92 Å². The summed E-state index contributed by atoms with van der Waals surface area (Å²) in [6.07, 6.45) is -0.572. The van der Waals surface area contributed by atoms with E-state index in [-0.39, 0.29) is 19.7 Å². The summed E-state index contributed by atoms with van der Waals surface area (Å²) in [6.45, 7) is 1.63. The number of ketones is 1. The Morgan fingerprint density at radius 2 is 2.00 bits per heavy atom. The van der Waals surface area contributed by atoms with Crippen LogP contribution in [0.5, 0.6) is 0 Å². The molecule has 0 radical (unpaired) electrons. The number of nitrogens with one attached hydrogen (secondary N) is 1. The van der Waals surface area contributed by atoms with Gasteiger partial charge in [-0.2, -0.15) is 4.91 Å². The number of hydrogen-bond donors (Lipinski definition) is 1. The van der Waals surface area contributed by atoms with Gasteiger partial charge in [0, 0.05) is 6.54 Å². The van der Waals surface area contributed by atoms with Crippen LogP contribution in [-0.2, 0) is 19.1 Å². The minimum atomic E-state index is -1.03. The van der Waals surface area contributed by atoms with Crippen molar-refractivity contribution in [3.05, 3.63) is 4.91 Å². The van der Waals surface area contributed by atoms with Crippen molar-refractivity contribution in [3.8, 4) is 0 Å². The maximum Gasteiger partial charge on any atom is 0.375 e. The number of esters is 1. The molecule has 0 aliphatic rings. The molecular weight excluding hydrogens is 204 g/mol. The number of Topliss-reactive ketones (excluding diaryl/α,β-unsaturated/α-hetero) is 1. The maximum absolute atomic E-state index is 11.0. The Balaban J connectivity index is 3.80. The van der Waals surface area contributed by atoms with Gasteiger partial charge < -0.3 is 10.1 Å². The topological polar surface area (TPSA) is 102 Å². The highest BCUT2D eigenvalue weighted by atomic mass is 16.5. The van der Waals surface area contributed by atoms with Gasteiger partial charge in [-0.25, -0.2) is 4.79 Å². The highest BCUT2D eigenvalue weighted by Gasteiger charge is 2.18. The van der Waals surface area contributed by atoms with Gasteiger partial charge in [0.1, 0.15) is 0 Å². The fourth-order valence-corrected chi connectivity index (χ4v) is 0.733. The Morgan fingerprint density at radius 3 is 2.53 bits per heavy atom. The quantitative estimate of drug-likeness (QED) is 0.201. The molecule has 1 N–H and O–H groups in total. The SMILES string of the molecule is CCOC(=O)C(=O)CC(=O)NCCN=O. The molecule has 1 amide bonds. The average Bonchev–Trinajstić information content (AvgIpc) is 2.18. The predicted octanol–water partition coefficient (Wildman–Crippen LogP) is -0.609. The number of carbonyl (C=O) groups excluding carboxylic acids is 3. The van der Waals surface area contributed by atoms with Crippen LogP contribution in [0.25, 0.3) is 0 Å². The van der Waals surface area contributed by atoms with Crippen LogP contribution >= 0.6 is 0 Å². The van der Waals surface area contributed by atoms with Crippen molar-refractivity contribution in [2.24, 2.45) is 5.18 Å². The normalized spacial score (nSPS) is 9.13. The first-order chi connectivity index (χ1) is 7.11. The molecule has 0 atom stereocenters. The summed E-state index contributed by atoms with van der Waals surface area (Å²) in [7, 11) is 0. The maximum atomic E-state index is 11.0. The largest absolute Gasteiger partial charge is 0.460 e. The molecule has 0 heterocycles. The van der Waals surface area contributed by atoms with Gasteiger partial charge in [0.15, 0.2) is 0 Å². The van der Waals surface area contributed by atoms with Crippen LogP contribution in [0.4, 0.5) is 0 Å². The Hall–Kier alpha value is -1.79. The van der Waals surface area contributed by atoms with Gasteiger partial charge >= 0.3 is 5.97 Å². The number of rotatable bonds is 7. The highest BCUT2D eigenvalue weighted by Crippen LogP contribution is 1.88. The van der Waals surface area contributed by atoms with Crippen LogP contribution in [0, 0.1) is 4.91 Å². The fourth-order valence-electron chi connectivity index (χ4n) is 0.733. The molecule has 7 nitrogen and oxygen atoms in total. The van der Waals surface area contributed by atoms with Crippen molar-refractivity contribution in [1.82, 2.24) is 5.32 Å². The molecule has 0 aliphatic carbocycles. The van der Waals surface area contributed by atoms with E-state index in [0.29, 0.717) is 0 Å². The molecule has 0 aliphatic heterocycles. The minimum Gasteiger partial charge on any atom is -0.460 e. The first-order valence-electron chi connectivity index (χ1n) is 4.37. The lowest BCUT2D eigenvalue weighted by Gasteiger charge is -2.01. The summed E-state index contributed by atoms with van der Waals surface area (Å²) in [5.41, 5.74) is 0. The van der Waals surface area contributed by atoms with Crippen molar-refractivity contribution in [2.75, 3.05) is 19.7 Å². The van der Waals surface area contributed by atoms with E-state index >= 15 is 0 Å². The monoisotopic (exact) mass is 216 g/mol. The molecular formula is C8H12N2O5. The van der Waals surface area contributed by atoms with E-state index in [0.717, 1.165) is 0 Å². The zero-order valence-corrected chi connectivity index (χ0v) is 8.32. The average molecular weight is 216 g/mol. The third-order valence-corrected chi connectivity index (χ3v) is 1.35.